The van der Waals surface area contributed by atoms with Gasteiger partial charge in [-0.25, -0.2) is 0 Å². The first-order valence-electron chi connectivity index (χ1n) is 6.21. The van der Waals surface area contributed by atoms with Crippen molar-refractivity contribution in [3.63, 3.8) is 0 Å². The average Bonchev–Trinajstić information content (AvgIpc) is 2.97. The third kappa shape index (κ3) is 1.71. The van der Waals surface area contributed by atoms with Crippen LogP contribution in [0.15, 0.2) is 30.7 Å². The Morgan fingerprint density at radius 2 is 2.35 bits per heavy atom. The maximum atomic E-state index is 6.33. The van der Waals surface area contributed by atoms with E-state index in [4.69, 9.17) is 10.5 Å². The molecule has 0 bridgehead atoms. The van der Waals surface area contributed by atoms with E-state index >= 15 is 0 Å². The van der Waals surface area contributed by atoms with Gasteiger partial charge in [-0.05, 0) is 29.5 Å². The largest absolute Gasteiger partial charge is 0.479 e. The van der Waals surface area contributed by atoms with E-state index in [9.17, 15) is 0 Å². The second-order valence-corrected chi connectivity index (χ2v) is 4.78. The highest BCUT2D eigenvalue weighted by Gasteiger charge is 2.33. The number of nitrogens with zero attached hydrogens (tertiary/aromatic N) is 1. The Kier molecular flexibility index (Phi) is 2.56. The summed E-state index contributed by atoms with van der Waals surface area (Å²) in [4.78, 5) is 2.19. The van der Waals surface area contributed by atoms with Crippen molar-refractivity contribution >= 4 is 0 Å². The van der Waals surface area contributed by atoms with E-state index in [2.05, 4.69) is 30.0 Å². The molecule has 1 aromatic carbocycles. The molecular weight excluding hydrogens is 212 g/mol. The van der Waals surface area contributed by atoms with Crippen LogP contribution in [-0.2, 0) is 17.6 Å². The van der Waals surface area contributed by atoms with E-state index in [1.807, 2.05) is 6.20 Å². The van der Waals surface area contributed by atoms with Crippen LogP contribution in [0, 0.1) is 0 Å². The molecule has 1 heterocycles. The van der Waals surface area contributed by atoms with E-state index in [-0.39, 0.29) is 6.04 Å². The van der Waals surface area contributed by atoms with Crippen LogP contribution in [0.25, 0.3) is 0 Å². The van der Waals surface area contributed by atoms with Crippen molar-refractivity contribution in [2.24, 2.45) is 5.73 Å². The second-order valence-electron chi connectivity index (χ2n) is 4.78. The molecule has 1 aromatic rings. The van der Waals surface area contributed by atoms with Gasteiger partial charge >= 0.3 is 0 Å². The molecule has 0 spiro atoms. The van der Waals surface area contributed by atoms with Crippen molar-refractivity contribution in [2.45, 2.75) is 31.8 Å². The fraction of sp³-hybridized carbons (Fsp3) is 0.429. The standard InChI is InChI=1S/C14H18N2O/c1-2-10-3-4-12-11(7-10)8-13(14(12)15)16-5-6-17-9-16/h3-7,13-14H,2,8-9,15H2,1H3. The van der Waals surface area contributed by atoms with Crippen molar-refractivity contribution in [3.05, 3.63) is 47.4 Å². The fourth-order valence-electron chi connectivity index (χ4n) is 2.76. The van der Waals surface area contributed by atoms with Gasteiger partial charge in [0.25, 0.3) is 0 Å². The maximum absolute atomic E-state index is 6.33. The predicted molar refractivity (Wildman–Crippen MR) is 67.2 cm³/mol. The van der Waals surface area contributed by atoms with Crippen LogP contribution in [-0.4, -0.2) is 17.7 Å². The third-order valence-electron chi connectivity index (χ3n) is 3.82. The molecule has 17 heavy (non-hydrogen) atoms. The van der Waals surface area contributed by atoms with Crippen molar-refractivity contribution < 1.29 is 4.74 Å². The zero-order chi connectivity index (χ0) is 11.8. The zero-order valence-electron chi connectivity index (χ0n) is 10.1. The molecule has 1 aliphatic heterocycles. The lowest BCUT2D eigenvalue weighted by Gasteiger charge is -2.25. The van der Waals surface area contributed by atoms with Crippen LogP contribution in [0.3, 0.4) is 0 Å². The molecule has 0 saturated heterocycles. The lowest BCUT2D eigenvalue weighted by molar-refractivity contribution is 0.129. The quantitative estimate of drug-likeness (QED) is 0.843. The van der Waals surface area contributed by atoms with Gasteiger partial charge in [0.1, 0.15) is 6.26 Å². The van der Waals surface area contributed by atoms with Crippen molar-refractivity contribution in [1.29, 1.82) is 0 Å². The Balaban J connectivity index is 1.88. The first kappa shape index (κ1) is 10.7. The first-order valence-corrected chi connectivity index (χ1v) is 6.21. The van der Waals surface area contributed by atoms with Gasteiger partial charge in [0.05, 0.1) is 12.1 Å². The molecule has 2 atom stereocenters. The molecule has 0 fully saturated rings. The number of benzene rings is 1. The normalized spacial score (nSPS) is 26.1. The number of hydrogen-bond acceptors (Lipinski definition) is 3. The summed E-state index contributed by atoms with van der Waals surface area (Å²) in [5, 5.41) is 0. The summed E-state index contributed by atoms with van der Waals surface area (Å²) in [6, 6.07) is 7.13. The minimum Gasteiger partial charge on any atom is -0.479 e. The molecule has 0 aromatic heterocycles. The van der Waals surface area contributed by atoms with Gasteiger partial charge in [-0.1, -0.05) is 25.1 Å². The Bertz CT molecular complexity index is 456. The highest BCUT2D eigenvalue weighted by molar-refractivity contribution is 5.40. The Morgan fingerprint density at radius 3 is 3.06 bits per heavy atom. The van der Waals surface area contributed by atoms with Gasteiger partial charge in [0, 0.05) is 6.20 Å². The molecule has 2 N–H and O–H groups in total. The minimum absolute atomic E-state index is 0.0993. The molecule has 90 valence electrons. The lowest BCUT2D eigenvalue weighted by atomic mass is 10.0. The van der Waals surface area contributed by atoms with Gasteiger partial charge in [0.2, 0.25) is 0 Å². The molecule has 0 amide bonds. The molecule has 3 rings (SSSR count). The average molecular weight is 230 g/mol. The van der Waals surface area contributed by atoms with Crippen LogP contribution in [0.4, 0.5) is 0 Å². The molecule has 3 nitrogen and oxygen atoms in total. The summed E-state index contributed by atoms with van der Waals surface area (Å²) < 4.78 is 5.25. The summed E-state index contributed by atoms with van der Waals surface area (Å²) in [5.74, 6) is 0. The van der Waals surface area contributed by atoms with Crippen molar-refractivity contribution in [1.82, 2.24) is 4.90 Å². The van der Waals surface area contributed by atoms with Crippen LogP contribution in [0.2, 0.25) is 0 Å². The molecule has 0 saturated carbocycles. The highest BCUT2D eigenvalue weighted by atomic mass is 16.5. The third-order valence-corrected chi connectivity index (χ3v) is 3.82. The van der Waals surface area contributed by atoms with E-state index in [1.165, 1.54) is 16.7 Å². The Hall–Kier alpha value is -1.48. The van der Waals surface area contributed by atoms with Crippen molar-refractivity contribution in [3.8, 4) is 0 Å². The lowest BCUT2D eigenvalue weighted by Crippen LogP contribution is -2.36. The summed E-state index contributed by atoms with van der Waals surface area (Å²) >= 11 is 0. The second kappa shape index (κ2) is 4.08. The molecular formula is C14H18N2O. The number of rotatable bonds is 2. The summed E-state index contributed by atoms with van der Waals surface area (Å²) in [6.07, 6.45) is 5.85. The topological polar surface area (TPSA) is 38.5 Å². The van der Waals surface area contributed by atoms with Gasteiger partial charge in [-0.15, -0.1) is 0 Å². The van der Waals surface area contributed by atoms with Crippen LogP contribution >= 0.6 is 0 Å². The molecule has 1 aliphatic carbocycles. The molecule has 2 unspecified atom stereocenters. The first-order chi connectivity index (χ1) is 8.29. The van der Waals surface area contributed by atoms with Gasteiger partial charge in [-0.2, -0.15) is 0 Å². The van der Waals surface area contributed by atoms with Crippen LogP contribution in [0.5, 0.6) is 0 Å². The van der Waals surface area contributed by atoms with E-state index < -0.39 is 0 Å². The summed E-state index contributed by atoms with van der Waals surface area (Å²) in [5.41, 5.74) is 10.4. The molecule has 2 aliphatic rings. The summed E-state index contributed by atoms with van der Waals surface area (Å²) in [6.45, 7) is 2.82. The van der Waals surface area contributed by atoms with Gasteiger partial charge < -0.3 is 15.4 Å². The van der Waals surface area contributed by atoms with Crippen LogP contribution in [0.1, 0.15) is 29.7 Å². The van der Waals surface area contributed by atoms with E-state index in [0.29, 0.717) is 12.8 Å². The van der Waals surface area contributed by atoms with E-state index in [1.54, 1.807) is 6.26 Å². The SMILES string of the molecule is CCc1ccc2c(c1)CC(N1C=COC1)C2N. The van der Waals surface area contributed by atoms with Crippen molar-refractivity contribution in [2.75, 3.05) is 6.73 Å². The maximum Gasteiger partial charge on any atom is 0.160 e. The van der Waals surface area contributed by atoms with E-state index in [0.717, 1.165) is 12.8 Å². The smallest absolute Gasteiger partial charge is 0.160 e. The van der Waals surface area contributed by atoms with Crippen LogP contribution < -0.4 is 5.73 Å². The number of ether oxygens (including phenoxy) is 1. The summed E-state index contributed by atoms with van der Waals surface area (Å²) in [7, 11) is 0. The predicted octanol–water partition coefficient (Wildman–Crippen LogP) is 1.93. The number of fused-ring (bicyclic) bond motifs is 1. The Labute approximate surface area is 102 Å². The zero-order valence-corrected chi connectivity index (χ0v) is 10.1. The van der Waals surface area contributed by atoms with Gasteiger partial charge in [-0.3, -0.25) is 0 Å². The molecule has 3 heteroatoms. The highest BCUT2D eigenvalue weighted by Crippen LogP contribution is 2.34. The Morgan fingerprint density at radius 1 is 1.47 bits per heavy atom. The number of aryl methyl sites for hydroxylation is 1. The number of nitrogens with two attached hydrogens (primary N) is 1. The fourth-order valence-corrected chi connectivity index (χ4v) is 2.76. The van der Waals surface area contributed by atoms with Gasteiger partial charge in [0.15, 0.2) is 6.73 Å². The minimum atomic E-state index is 0.0993. The monoisotopic (exact) mass is 230 g/mol. The molecule has 0 radical (unpaired) electrons. The number of hydrogen-bond donors (Lipinski definition) is 1.